The summed E-state index contributed by atoms with van der Waals surface area (Å²) in [5.74, 6) is 2.57. The van der Waals surface area contributed by atoms with Crippen LogP contribution in [0.5, 0.6) is 5.75 Å². The van der Waals surface area contributed by atoms with E-state index in [1.807, 2.05) is 42.4 Å². The largest absolute Gasteiger partial charge is 0.494 e. The smallest absolute Gasteiger partial charge is 0.119 e. The van der Waals surface area contributed by atoms with E-state index in [1.165, 1.54) is 32.4 Å². The number of nitrogens with zero attached hydrogens (tertiary/aromatic N) is 1. The zero-order valence-electron chi connectivity index (χ0n) is 25.4. The number of hydrogen-bond acceptors (Lipinski definition) is 6. The Morgan fingerprint density at radius 1 is 0.733 bits per heavy atom. The van der Waals surface area contributed by atoms with Crippen LogP contribution < -0.4 is 10.1 Å². The third-order valence-corrected chi connectivity index (χ3v) is 9.33. The van der Waals surface area contributed by atoms with Crippen LogP contribution in [0.1, 0.15) is 29.0 Å². The lowest BCUT2D eigenvalue weighted by atomic mass is 9.80. The van der Waals surface area contributed by atoms with Gasteiger partial charge in [-0.25, -0.2) is 0 Å². The van der Waals surface area contributed by atoms with E-state index in [2.05, 4.69) is 101 Å². The average Bonchev–Trinajstić information content (AvgIpc) is 3.09. The molecule has 1 aliphatic rings. The Bertz CT molecular complexity index is 1570. The average molecular weight is 641 g/mol. The fraction of sp³-hybridized carbons (Fsp3) is 0.289. The third-order valence-electron chi connectivity index (χ3n) is 8.13. The van der Waals surface area contributed by atoms with Gasteiger partial charge in [-0.05, 0) is 70.3 Å². The molecule has 7 heteroatoms. The number of benzene rings is 4. The summed E-state index contributed by atoms with van der Waals surface area (Å²) >= 11 is 1.89. The van der Waals surface area contributed by atoms with E-state index in [-0.39, 0.29) is 24.4 Å². The number of pyridine rings is 1. The molecule has 1 saturated heterocycles. The number of fused-ring (bicyclic) bond motifs is 1. The molecule has 1 aliphatic heterocycles. The van der Waals surface area contributed by atoms with Crippen molar-refractivity contribution in [1.29, 1.82) is 0 Å². The van der Waals surface area contributed by atoms with Crippen molar-refractivity contribution in [2.24, 2.45) is 5.92 Å². The van der Waals surface area contributed by atoms with Crippen LogP contribution in [0.4, 0.5) is 0 Å². The molecular weight excluding hydrogens is 600 g/mol. The Labute approximate surface area is 277 Å². The summed E-state index contributed by atoms with van der Waals surface area (Å²) in [6.45, 7) is 4.32. The van der Waals surface area contributed by atoms with Gasteiger partial charge in [0.1, 0.15) is 5.75 Å². The lowest BCUT2D eigenvalue weighted by Crippen LogP contribution is -2.47. The predicted molar refractivity (Wildman–Crippen MR) is 186 cm³/mol. The van der Waals surface area contributed by atoms with Crippen LogP contribution in [0.2, 0.25) is 0 Å². The first-order valence-electron chi connectivity index (χ1n) is 15.5. The highest BCUT2D eigenvalue weighted by Crippen LogP contribution is 2.37. The number of thioether (sulfide) groups is 1. The zero-order valence-corrected chi connectivity index (χ0v) is 27.1. The first-order chi connectivity index (χ1) is 21.8. The third kappa shape index (κ3) is 9.55. The highest BCUT2D eigenvalue weighted by Gasteiger charge is 2.35. The number of halogens is 1. The predicted octanol–water partition coefficient (Wildman–Crippen LogP) is 8.32. The van der Waals surface area contributed by atoms with Crippen LogP contribution in [-0.4, -0.2) is 43.1 Å². The molecule has 1 fully saturated rings. The van der Waals surface area contributed by atoms with Crippen LogP contribution in [0.3, 0.4) is 0 Å². The maximum Gasteiger partial charge on any atom is 0.119 e. The Morgan fingerprint density at radius 2 is 1.51 bits per heavy atom. The van der Waals surface area contributed by atoms with Crippen LogP contribution in [0, 0.1) is 5.92 Å². The Hall–Kier alpha value is -3.39. The SMILES string of the molecule is Cl.c1ccc(COCCCOc2ccc(C3C(CSc4ccncc4)CNCC3OCc3ccc4ccccc4c3)cc2)cc1. The van der Waals surface area contributed by atoms with E-state index < -0.39 is 0 Å². The normalized spacial score (nSPS) is 17.9. The number of rotatable bonds is 14. The van der Waals surface area contributed by atoms with Crippen LogP contribution in [-0.2, 0) is 22.7 Å². The molecule has 0 bridgehead atoms. The molecule has 0 aliphatic carbocycles. The molecule has 6 rings (SSSR count). The van der Waals surface area contributed by atoms with E-state index in [9.17, 15) is 0 Å². The fourth-order valence-electron chi connectivity index (χ4n) is 5.85. The van der Waals surface area contributed by atoms with Gasteiger partial charge in [0.15, 0.2) is 0 Å². The van der Waals surface area contributed by atoms with Crippen molar-refractivity contribution in [3.8, 4) is 5.75 Å². The summed E-state index contributed by atoms with van der Waals surface area (Å²) < 4.78 is 18.6. The number of hydrogen-bond donors (Lipinski definition) is 1. The van der Waals surface area contributed by atoms with E-state index in [0.717, 1.165) is 31.0 Å². The minimum Gasteiger partial charge on any atom is -0.494 e. The first kappa shape index (κ1) is 33.0. The summed E-state index contributed by atoms with van der Waals surface area (Å²) in [4.78, 5) is 5.42. The Kier molecular flexibility index (Phi) is 12.7. The number of ether oxygens (including phenoxy) is 3. The molecule has 0 amide bonds. The van der Waals surface area contributed by atoms with Gasteiger partial charge >= 0.3 is 0 Å². The number of piperidine rings is 1. The molecule has 4 aromatic carbocycles. The van der Waals surface area contributed by atoms with Crippen molar-refractivity contribution in [3.05, 3.63) is 138 Å². The molecule has 2 heterocycles. The Morgan fingerprint density at radius 3 is 2.33 bits per heavy atom. The standard InChI is InChI=1S/C38H40N2O3S.ClH/c1-2-7-29(8-3-1)26-41-21-6-22-42-35-15-13-32(14-16-35)38-34(28-44-36-17-19-39-20-18-36)24-40-25-37(38)43-27-30-11-12-31-9-4-5-10-33(31)23-30;/h1-5,7-20,23,34,37-38,40H,6,21-22,24-28H2;1H. The van der Waals surface area contributed by atoms with Gasteiger partial charge in [-0.1, -0.05) is 78.9 Å². The van der Waals surface area contributed by atoms with Gasteiger partial charge in [0.25, 0.3) is 0 Å². The van der Waals surface area contributed by atoms with Crippen molar-refractivity contribution < 1.29 is 14.2 Å². The summed E-state index contributed by atoms with van der Waals surface area (Å²) in [5.41, 5.74) is 3.69. The zero-order chi connectivity index (χ0) is 29.8. The van der Waals surface area contributed by atoms with Crippen molar-refractivity contribution in [1.82, 2.24) is 10.3 Å². The van der Waals surface area contributed by atoms with E-state index in [1.54, 1.807) is 0 Å². The minimum absolute atomic E-state index is 0. The Balaban J connectivity index is 0.00000400. The monoisotopic (exact) mass is 640 g/mol. The maximum absolute atomic E-state index is 6.70. The lowest BCUT2D eigenvalue weighted by molar-refractivity contribution is -0.00264. The van der Waals surface area contributed by atoms with Crippen molar-refractivity contribution in [3.63, 3.8) is 0 Å². The van der Waals surface area contributed by atoms with E-state index >= 15 is 0 Å². The second-order valence-electron chi connectivity index (χ2n) is 11.3. The quantitative estimate of drug-likeness (QED) is 0.0973. The van der Waals surface area contributed by atoms with Gasteiger partial charge in [0, 0.05) is 41.9 Å². The molecule has 5 nitrogen and oxygen atoms in total. The topological polar surface area (TPSA) is 52.6 Å². The molecule has 0 spiro atoms. The van der Waals surface area contributed by atoms with Crippen LogP contribution >= 0.6 is 24.2 Å². The lowest BCUT2D eigenvalue weighted by Gasteiger charge is -2.39. The van der Waals surface area contributed by atoms with Crippen LogP contribution in [0.15, 0.2) is 126 Å². The van der Waals surface area contributed by atoms with Crippen molar-refractivity contribution >= 4 is 34.9 Å². The van der Waals surface area contributed by atoms with Gasteiger partial charge in [0.2, 0.25) is 0 Å². The fourth-order valence-corrected chi connectivity index (χ4v) is 6.90. The van der Waals surface area contributed by atoms with Gasteiger partial charge in [-0.3, -0.25) is 4.98 Å². The highest BCUT2D eigenvalue weighted by atomic mass is 35.5. The second kappa shape index (κ2) is 17.3. The maximum atomic E-state index is 6.70. The minimum atomic E-state index is 0. The molecule has 0 radical (unpaired) electrons. The number of nitrogens with one attached hydrogen (secondary N) is 1. The number of aromatic nitrogens is 1. The van der Waals surface area contributed by atoms with Gasteiger partial charge in [-0.15, -0.1) is 24.2 Å². The van der Waals surface area contributed by atoms with Gasteiger partial charge in [0.05, 0.1) is 32.5 Å². The van der Waals surface area contributed by atoms with Crippen LogP contribution in [0.25, 0.3) is 10.8 Å². The molecular formula is C38H41ClN2O3S. The molecule has 5 aromatic rings. The van der Waals surface area contributed by atoms with Crippen molar-refractivity contribution in [2.45, 2.75) is 36.6 Å². The molecule has 3 unspecified atom stereocenters. The molecule has 3 atom stereocenters. The summed E-state index contributed by atoms with van der Waals surface area (Å²) in [7, 11) is 0. The summed E-state index contributed by atoms with van der Waals surface area (Å²) in [5, 5.41) is 6.17. The first-order valence-corrected chi connectivity index (χ1v) is 16.5. The van der Waals surface area contributed by atoms with Gasteiger partial charge in [-0.2, -0.15) is 0 Å². The molecule has 45 heavy (non-hydrogen) atoms. The summed E-state index contributed by atoms with van der Waals surface area (Å²) in [6, 6.07) is 38.2. The van der Waals surface area contributed by atoms with E-state index in [0.29, 0.717) is 32.3 Å². The summed E-state index contributed by atoms with van der Waals surface area (Å²) in [6.07, 6.45) is 4.64. The molecule has 234 valence electrons. The van der Waals surface area contributed by atoms with E-state index in [4.69, 9.17) is 14.2 Å². The molecule has 0 saturated carbocycles. The highest BCUT2D eigenvalue weighted by molar-refractivity contribution is 7.99. The molecule has 1 aromatic heterocycles. The van der Waals surface area contributed by atoms with Gasteiger partial charge < -0.3 is 19.5 Å². The second-order valence-corrected chi connectivity index (χ2v) is 12.4. The van der Waals surface area contributed by atoms with Crippen molar-refractivity contribution in [2.75, 3.05) is 32.1 Å². The molecule has 1 N–H and O–H groups in total.